The molecule has 0 saturated carbocycles. The summed E-state index contributed by atoms with van der Waals surface area (Å²) in [5, 5.41) is 12.7. The zero-order valence-corrected chi connectivity index (χ0v) is 18.8. The largest absolute Gasteiger partial charge is 0.494 e. The Morgan fingerprint density at radius 3 is 2.69 bits per heavy atom. The van der Waals surface area contributed by atoms with E-state index in [1.807, 2.05) is 66.1 Å². The van der Waals surface area contributed by atoms with Gasteiger partial charge in [0.05, 0.1) is 18.0 Å². The smallest absolute Gasteiger partial charge is 0.234 e. The Morgan fingerprint density at radius 2 is 1.97 bits per heavy atom. The Morgan fingerprint density at radius 1 is 1.12 bits per heavy atom. The Kier molecular flexibility index (Phi) is 7.03. The lowest BCUT2D eigenvalue weighted by molar-refractivity contribution is -0.113. The highest BCUT2D eigenvalue weighted by atomic mass is 35.5. The fourth-order valence-corrected chi connectivity index (χ4v) is 3.96. The number of carbonyl (C=O) groups excluding carboxylic acids is 1. The molecule has 0 atom stereocenters. The van der Waals surface area contributed by atoms with E-state index in [0.717, 1.165) is 17.0 Å². The summed E-state index contributed by atoms with van der Waals surface area (Å²) >= 11 is 7.51. The van der Waals surface area contributed by atoms with Crippen LogP contribution in [0.15, 0.2) is 78.2 Å². The highest BCUT2D eigenvalue weighted by Gasteiger charge is 2.18. The molecule has 1 amide bonds. The predicted octanol–water partition coefficient (Wildman–Crippen LogP) is 5.11. The molecule has 0 fully saturated rings. The molecule has 0 saturated heterocycles. The minimum Gasteiger partial charge on any atom is -0.494 e. The lowest BCUT2D eigenvalue weighted by Crippen LogP contribution is -2.14. The first-order valence-corrected chi connectivity index (χ1v) is 11.3. The van der Waals surface area contributed by atoms with Gasteiger partial charge in [0.15, 0.2) is 11.0 Å². The van der Waals surface area contributed by atoms with E-state index in [0.29, 0.717) is 28.3 Å². The molecule has 162 valence electrons. The van der Waals surface area contributed by atoms with E-state index in [4.69, 9.17) is 16.3 Å². The Balaban J connectivity index is 1.53. The number of amides is 1. The molecule has 2 aromatic heterocycles. The summed E-state index contributed by atoms with van der Waals surface area (Å²) in [5.74, 6) is 1.40. The van der Waals surface area contributed by atoms with Crippen molar-refractivity contribution in [2.45, 2.75) is 12.1 Å². The number of thioether (sulfide) groups is 1. The minimum absolute atomic E-state index is 0.150. The summed E-state index contributed by atoms with van der Waals surface area (Å²) in [6.45, 7) is 2.52. The number of nitrogens with one attached hydrogen (secondary N) is 1. The van der Waals surface area contributed by atoms with Gasteiger partial charge in [-0.2, -0.15) is 0 Å². The van der Waals surface area contributed by atoms with Crippen LogP contribution < -0.4 is 10.1 Å². The predicted molar refractivity (Wildman–Crippen MR) is 127 cm³/mol. The molecular weight excluding hydrogens is 446 g/mol. The molecular formula is C23H20ClN5O2S. The van der Waals surface area contributed by atoms with Crippen molar-refractivity contribution in [2.75, 3.05) is 17.7 Å². The molecule has 0 aliphatic heterocycles. The zero-order valence-electron chi connectivity index (χ0n) is 17.2. The number of carbonyl (C=O) groups is 1. The molecule has 2 heterocycles. The van der Waals surface area contributed by atoms with E-state index >= 15 is 0 Å². The molecule has 0 unspecified atom stereocenters. The van der Waals surface area contributed by atoms with Crippen LogP contribution in [0.5, 0.6) is 5.75 Å². The molecule has 0 bridgehead atoms. The van der Waals surface area contributed by atoms with Crippen LogP contribution in [0.4, 0.5) is 5.69 Å². The second-order valence-corrected chi connectivity index (χ2v) is 8.04. The monoisotopic (exact) mass is 465 g/mol. The minimum atomic E-state index is -0.150. The maximum Gasteiger partial charge on any atom is 0.234 e. The van der Waals surface area contributed by atoms with E-state index in [1.54, 1.807) is 18.5 Å². The number of benzene rings is 2. The van der Waals surface area contributed by atoms with Gasteiger partial charge >= 0.3 is 0 Å². The van der Waals surface area contributed by atoms with Crippen molar-refractivity contribution in [3.63, 3.8) is 0 Å². The number of rotatable bonds is 8. The van der Waals surface area contributed by atoms with Crippen LogP contribution in [0.1, 0.15) is 6.92 Å². The van der Waals surface area contributed by atoms with Gasteiger partial charge in [-0.1, -0.05) is 29.4 Å². The van der Waals surface area contributed by atoms with E-state index in [-0.39, 0.29) is 11.7 Å². The number of pyridine rings is 1. The van der Waals surface area contributed by atoms with Gasteiger partial charge in [0.2, 0.25) is 5.91 Å². The maximum atomic E-state index is 12.5. The third-order valence-corrected chi connectivity index (χ3v) is 5.56. The second kappa shape index (κ2) is 10.3. The number of ether oxygens (including phenoxy) is 1. The number of hydrogen-bond acceptors (Lipinski definition) is 6. The number of anilines is 1. The molecule has 2 aromatic carbocycles. The lowest BCUT2D eigenvalue weighted by atomic mass is 10.2. The third kappa shape index (κ3) is 5.27. The lowest BCUT2D eigenvalue weighted by Gasteiger charge is -2.11. The molecule has 0 aliphatic carbocycles. The van der Waals surface area contributed by atoms with Crippen LogP contribution in [0.2, 0.25) is 5.02 Å². The van der Waals surface area contributed by atoms with Crippen LogP contribution in [-0.4, -0.2) is 38.0 Å². The van der Waals surface area contributed by atoms with Crippen LogP contribution in [0.25, 0.3) is 17.1 Å². The highest BCUT2D eigenvalue weighted by Crippen LogP contribution is 2.29. The Labute approximate surface area is 194 Å². The van der Waals surface area contributed by atoms with Crippen molar-refractivity contribution < 1.29 is 9.53 Å². The molecule has 9 heteroatoms. The first-order valence-electron chi connectivity index (χ1n) is 9.91. The number of aromatic nitrogens is 4. The topological polar surface area (TPSA) is 81.9 Å². The first kappa shape index (κ1) is 21.9. The summed E-state index contributed by atoms with van der Waals surface area (Å²) in [5.41, 5.74) is 2.31. The summed E-state index contributed by atoms with van der Waals surface area (Å²) in [7, 11) is 0. The Bertz CT molecular complexity index is 1200. The highest BCUT2D eigenvalue weighted by molar-refractivity contribution is 7.99. The maximum absolute atomic E-state index is 12.5. The normalized spacial score (nSPS) is 10.7. The van der Waals surface area contributed by atoms with E-state index in [2.05, 4.69) is 20.5 Å². The van der Waals surface area contributed by atoms with Crippen LogP contribution in [0.3, 0.4) is 0 Å². The van der Waals surface area contributed by atoms with E-state index < -0.39 is 0 Å². The fourth-order valence-electron chi connectivity index (χ4n) is 3.02. The average Bonchev–Trinajstić information content (AvgIpc) is 3.24. The van der Waals surface area contributed by atoms with Gasteiger partial charge in [-0.15, -0.1) is 10.2 Å². The summed E-state index contributed by atoms with van der Waals surface area (Å²) in [4.78, 5) is 16.7. The standard InChI is InChI=1S/C23H20ClN5O2S/c1-2-31-20-10-8-18(9-11-20)26-21(30)15-32-23-28-27-22(16-5-4-12-25-14-16)29(23)19-7-3-6-17(24)13-19/h3-14H,2,15H2,1H3,(H,26,30). The first-order chi connectivity index (χ1) is 15.6. The van der Waals surface area contributed by atoms with Gasteiger partial charge in [-0.3, -0.25) is 14.3 Å². The van der Waals surface area contributed by atoms with Gasteiger partial charge in [-0.25, -0.2) is 0 Å². The second-order valence-electron chi connectivity index (χ2n) is 6.66. The fraction of sp³-hybridized carbons (Fsp3) is 0.130. The Hall–Kier alpha value is -3.36. The molecule has 0 radical (unpaired) electrons. The summed E-state index contributed by atoms with van der Waals surface area (Å²) in [6, 6.07) is 18.4. The molecule has 0 spiro atoms. The molecule has 7 nitrogen and oxygen atoms in total. The quantitative estimate of drug-likeness (QED) is 0.364. The molecule has 1 N–H and O–H groups in total. The van der Waals surface area contributed by atoms with Crippen LogP contribution in [-0.2, 0) is 4.79 Å². The molecule has 4 rings (SSSR count). The van der Waals surface area contributed by atoms with Crippen molar-refractivity contribution in [3.8, 4) is 22.8 Å². The SMILES string of the molecule is CCOc1ccc(NC(=O)CSc2nnc(-c3cccnc3)n2-c2cccc(Cl)c2)cc1. The van der Waals surface area contributed by atoms with Crippen molar-refractivity contribution in [1.82, 2.24) is 19.7 Å². The van der Waals surface area contributed by atoms with Gasteiger partial charge < -0.3 is 10.1 Å². The van der Waals surface area contributed by atoms with Gasteiger partial charge in [-0.05, 0) is 61.5 Å². The summed E-state index contributed by atoms with van der Waals surface area (Å²) < 4.78 is 7.30. The van der Waals surface area contributed by atoms with E-state index in [1.165, 1.54) is 11.8 Å². The number of halogens is 1. The average molecular weight is 466 g/mol. The number of nitrogens with zero attached hydrogens (tertiary/aromatic N) is 4. The van der Waals surface area contributed by atoms with Crippen molar-refractivity contribution in [2.24, 2.45) is 0 Å². The molecule has 4 aromatic rings. The van der Waals surface area contributed by atoms with E-state index in [9.17, 15) is 4.79 Å². The van der Waals surface area contributed by atoms with Crippen molar-refractivity contribution in [3.05, 3.63) is 78.1 Å². The van der Waals surface area contributed by atoms with Crippen LogP contribution in [0, 0.1) is 0 Å². The van der Waals surface area contributed by atoms with Gasteiger partial charge in [0, 0.05) is 28.7 Å². The van der Waals surface area contributed by atoms with Gasteiger partial charge in [0.1, 0.15) is 5.75 Å². The number of hydrogen-bond donors (Lipinski definition) is 1. The zero-order chi connectivity index (χ0) is 22.3. The summed E-state index contributed by atoms with van der Waals surface area (Å²) in [6.07, 6.45) is 3.42. The van der Waals surface area contributed by atoms with Crippen molar-refractivity contribution >= 4 is 35.0 Å². The van der Waals surface area contributed by atoms with Crippen LogP contribution >= 0.6 is 23.4 Å². The molecule has 32 heavy (non-hydrogen) atoms. The van der Waals surface area contributed by atoms with Crippen molar-refractivity contribution in [1.29, 1.82) is 0 Å². The third-order valence-electron chi connectivity index (χ3n) is 4.40. The molecule has 0 aliphatic rings. The van der Waals surface area contributed by atoms with Gasteiger partial charge in [0.25, 0.3) is 0 Å².